The van der Waals surface area contributed by atoms with E-state index in [1.807, 2.05) is 38.1 Å². The Balaban J connectivity index is 1.79. The van der Waals surface area contributed by atoms with Crippen LogP contribution in [0.15, 0.2) is 28.7 Å². The molecule has 0 saturated heterocycles. The summed E-state index contributed by atoms with van der Waals surface area (Å²) in [6.07, 6.45) is 0.602. The molecule has 0 bridgehead atoms. The lowest BCUT2D eigenvalue weighted by molar-refractivity contribution is -0.160. The average molecular weight is 408 g/mol. The maximum atomic E-state index is 13.1. The van der Waals surface area contributed by atoms with E-state index < -0.39 is 27.5 Å². The minimum atomic E-state index is -3.64. The number of carbonyl (C=O) groups excluding carboxylic acids is 1. The number of hydrogen-bond acceptors (Lipinski definition) is 5. The molecule has 1 aromatic heterocycles. The lowest BCUT2D eigenvalue weighted by Gasteiger charge is -2.29. The molecule has 7 heteroatoms. The highest BCUT2D eigenvalue weighted by Gasteiger charge is 2.37. The van der Waals surface area contributed by atoms with E-state index in [4.69, 9.17) is 9.15 Å². The molecule has 1 atom stereocenters. The Hall–Kier alpha value is -1.86. The minimum Gasteiger partial charge on any atom is -0.460 e. The van der Waals surface area contributed by atoms with Crippen molar-refractivity contribution >= 4 is 27.0 Å². The highest BCUT2D eigenvalue weighted by atomic mass is 32.2. The van der Waals surface area contributed by atoms with Gasteiger partial charge in [-0.05, 0) is 39.2 Å². The SMILES string of the molecule is CC(C)C(CS(=O)(=O)N1CCc2c(oc3ccccc23)C1)C(=O)OC(C)(C)C. The van der Waals surface area contributed by atoms with Gasteiger partial charge in [0.1, 0.15) is 16.9 Å². The standard InChI is InChI=1S/C21H29NO5S/c1-14(2)17(20(23)27-21(3,4)5)13-28(24,25)22-11-10-16-15-8-6-7-9-18(15)26-19(16)12-22/h6-9,14,17H,10-13H2,1-5H3. The van der Waals surface area contributed by atoms with Crippen molar-refractivity contribution in [2.45, 2.75) is 53.2 Å². The van der Waals surface area contributed by atoms with Crippen LogP contribution in [0.1, 0.15) is 45.9 Å². The number of nitrogens with zero attached hydrogens (tertiary/aromatic N) is 1. The molecule has 3 rings (SSSR count). The Morgan fingerprint density at radius 1 is 1.25 bits per heavy atom. The molecule has 0 radical (unpaired) electrons. The predicted molar refractivity (Wildman–Crippen MR) is 108 cm³/mol. The summed E-state index contributed by atoms with van der Waals surface area (Å²) in [5, 5.41) is 1.04. The maximum Gasteiger partial charge on any atom is 0.310 e. The third-order valence-electron chi connectivity index (χ3n) is 5.01. The van der Waals surface area contributed by atoms with Crippen LogP contribution in [0.3, 0.4) is 0 Å². The highest BCUT2D eigenvalue weighted by molar-refractivity contribution is 7.89. The summed E-state index contributed by atoms with van der Waals surface area (Å²) < 4.78 is 38.9. The van der Waals surface area contributed by atoms with Crippen molar-refractivity contribution < 1.29 is 22.4 Å². The Bertz CT molecular complexity index is 968. The molecule has 0 amide bonds. The van der Waals surface area contributed by atoms with Gasteiger partial charge in [0.2, 0.25) is 10.0 Å². The first-order chi connectivity index (χ1) is 13.0. The van der Waals surface area contributed by atoms with Gasteiger partial charge in [-0.3, -0.25) is 4.79 Å². The Labute approximate surface area is 166 Å². The van der Waals surface area contributed by atoms with Crippen LogP contribution in [0.2, 0.25) is 0 Å². The molecule has 2 aromatic rings. The fraction of sp³-hybridized carbons (Fsp3) is 0.571. The largest absolute Gasteiger partial charge is 0.460 e. The Morgan fingerprint density at radius 3 is 2.57 bits per heavy atom. The van der Waals surface area contributed by atoms with Gasteiger partial charge in [0.25, 0.3) is 0 Å². The molecule has 1 aliphatic rings. The molecule has 0 saturated carbocycles. The molecule has 28 heavy (non-hydrogen) atoms. The molecular formula is C21H29NO5S. The molecule has 0 fully saturated rings. The van der Waals surface area contributed by atoms with Crippen LogP contribution >= 0.6 is 0 Å². The zero-order valence-corrected chi connectivity index (χ0v) is 18.0. The molecule has 6 nitrogen and oxygen atoms in total. The first kappa shape index (κ1) is 20.9. The van der Waals surface area contributed by atoms with Crippen molar-refractivity contribution in [2.24, 2.45) is 11.8 Å². The monoisotopic (exact) mass is 407 g/mol. The van der Waals surface area contributed by atoms with Gasteiger partial charge in [0.15, 0.2) is 0 Å². The van der Waals surface area contributed by atoms with E-state index in [0.29, 0.717) is 18.7 Å². The predicted octanol–water partition coefficient (Wildman–Crippen LogP) is 3.73. The first-order valence-electron chi connectivity index (χ1n) is 9.68. The summed E-state index contributed by atoms with van der Waals surface area (Å²) in [6, 6.07) is 7.75. The number of benzene rings is 1. The van der Waals surface area contributed by atoms with Crippen molar-refractivity contribution in [1.29, 1.82) is 0 Å². The van der Waals surface area contributed by atoms with Gasteiger partial charge < -0.3 is 9.15 Å². The normalized spacial score (nSPS) is 16.9. The summed E-state index contributed by atoms with van der Waals surface area (Å²) >= 11 is 0. The van der Waals surface area contributed by atoms with E-state index in [0.717, 1.165) is 16.5 Å². The number of fused-ring (bicyclic) bond motifs is 3. The van der Waals surface area contributed by atoms with Crippen LogP contribution in [0.25, 0.3) is 11.0 Å². The number of furan rings is 1. The van der Waals surface area contributed by atoms with E-state index >= 15 is 0 Å². The van der Waals surface area contributed by atoms with Gasteiger partial charge in [-0.15, -0.1) is 0 Å². The number of sulfonamides is 1. The van der Waals surface area contributed by atoms with Crippen LogP contribution in [0.5, 0.6) is 0 Å². The first-order valence-corrected chi connectivity index (χ1v) is 11.3. The van der Waals surface area contributed by atoms with Crippen molar-refractivity contribution in [3.8, 4) is 0 Å². The number of ether oxygens (including phenoxy) is 1. The maximum absolute atomic E-state index is 13.1. The van der Waals surface area contributed by atoms with Gasteiger partial charge in [0, 0.05) is 17.5 Å². The summed E-state index contributed by atoms with van der Waals surface area (Å²) in [5.74, 6) is -0.880. The zero-order valence-electron chi connectivity index (χ0n) is 17.2. The smallest absolute Gasteiger partial charge is 0.310 e. The fourth-order valence-corrected chi connectivity index (χ4v) is 5.38. The molecule has 0 spiro atoms. The highest BCUT2D eigenvalue weighted by Crippen LogP contribution is 2.32. The fourth-order valence-electron chi connectivity index (χ4n) is 3.51. The van der Waals surface area contributed by atoms with Gasteiger partial charge in [-0.25, -0.2) is 8.42 Å². The molecule has 154 valence electrons. The molecule has 0 N–H and O–H groups in total. The van der Waals surface area contributed by atoms with Crippen LogP contribution in [0.4, 0.5) is 0 Å². The van der Waals surface area contributed by atoms with E-state index in [1.54, 1.807) is 20.8 Å². The number of carbonyl (C=O) groups is 1. The Kier molecular flexibility index (Phi) is 5.60. The molecular weight excluding hydrogens is 378 g/mol. The second kappa shape index (κ2) is 7.52. The molecule has 1 aliphatic heterocycles. The summed E-state index contributed by atoms with van der Waals surface area (Å²) in [7, 11) is -3.64. The van der Waals surface area contributed by atoms with Crippen LogP contribution in [-0.2, 0) is 32.5 Å². The third-order valence-corrected chi connectivity index (χ3v) is 6.89. The lowest BCUT2D eigenvalue weighted by atomic mass is 9.98. The van der Waals surface area contributed by atoms with E-state index in [2.05, 4.69) is 0 Å². The third kappa shape index (κ3) is 4.41. The van der Waals surface area contributed by atoms with E-state index in [1.165, 1.54) is 4.31 Å². The number of hydrogen-bond donors (Lipinski definition) is 0. The van der Waals surface area contributed by atoms with Crippen LogP contribution in [0, 0.1) is 11.8 Å². The van der Waals surface area contributed by atoms with E-state index in [9.17, 15) is 13.2 Å². The second-order valence-corrected chi connectivity index (χ2v) is 10.8. The van der Waals surface area contributed by atoms with Gasteiger partial charge in [-0.2, -0.15) is 4.31 Å². The molecule has 2 heterocycles. The van der Waals surface area contributed by atoms with Gasteiger partial charge >= 0.3 is 5.97 Å². The van der Waals surface area contributed by atoms with E-state index in [-0.39, 0.29) is 18.2 Å². The van der Waals surface area contributed by atoms with Crippen molar-refractivity contribution in [3.05, 3.63) is 35.6 Å². The van der Waals surface area contributed by atoms with Crippen LogP contribution < -0.4 is 0 Å². The second-order valence-electron chi connectivity index (χ2n) is 8.75. The number of rotatable bonds is 5. The van der Waals surface area contributed by atoms with Crippen molar-refractivity contribution in [3.63, 3.8) is 0 Å². The topological polar surface area (TPSA) is 76.8 Å². The lowest BCUT2D eigenvalue weighted by Crippen LogP contribution is -2.42. The van der Waals surface area contributed by atoms with Crippen molar-refractivity contribution in [1.82, 2.24) is 4.31 Å². The summed E-state index contributed by atoms with van der Waals surface area (Å²) in [5.41, 5.74) is 1.21. The Morgan fingerprint density at radius 2 is 1.93 bits per heavy atom. The number of esters is 1. The minimum absolute atomic E-state index is 0.142. The van der Waals surface area contributed by atoms with Gasteiger partial charge in [-0.1, -0.05) is 32.0 Å². The van der Waals surface area contributed by atoms with Gasteiger partial charge in [0.05, 0.1) is 18.2 Å². The average Bonchev–Trinajstić information content (AvgIpc) is 2.95. The molecule has 0 aliphatic carbocycles. The summed E-state index contributed by atoms with van der Waals surface area (Å²) in [4.78, 5) is 12.6. The quantitative estimate of drug-likeness (QED) is 0.706. The number of para-hydroxylation sites is 1. The van der Waals surface area contributed by atoms with Crippen LogP contribution in [-0.4, -0.2) is 36.6 Å². The zero-order chi connectivity index (χ0) is 20.7. The molecule has 1 unspecified atom stereocenters. The molecule has 1 aromatic carbocycles. The summed E-state index contributed by atoms with van der Waals surface area (Å²) in [6.45, 7) is 9.62. The van der Waals surface area contributed by atoms with Crippen molar-refractivity contribution in [2.75, 3.05) is 12.3 Å².